The summed E-state index contributed by atoms with van der Waals surface area (Å²) in [5.74, 6) is 0. The molecule has 0 aliphatic carbocycles. The summed E-state index contributed by atoms with van der Waals surface area (Å²) < 4.78 is 0. The molecule has 1 N–H and O–H groups in total. The summed E-state index contributed by atoms with van der Waals surface area (Å²) in [4.78, 5) is 5.01. The highest BCUT2D eigenvalue weighted by molar-refractivity contribution is 7.98. The average Bonchev–Trinajstić information content (AvgIpc) is 2.48. The van der Waals surface area contributed by atoms with Gasteiger partial charge in [0.05, 0.1) is 11.3 Å². The zero-order chi connectivity index (χ0) is 13.5. The van der Waals surface area contributed by atoms with Crippen molar-refractivity contribution < 1.29 is 0 Å². The Morgan fingerprint density at radius 2 is 2.05 bits per heavy atom. The van der Waals surface area contributed by atoms with Crippen LogP contribution in [0.3, 0.4) is 0 Å². The first-order valence-electron chi connectivity index (χ1n) is 6.05. The number of nitriles is 1. The van der Waals surface area contributed by atoms with E-state index in [0.717, 1.165) is 29.1 Å². The molecule has 0 saturated carbocycles. The predicted molar refractivity (Wildman–Crippen MR) is 79.4 cm³/mol. The summed E-state index contributed by atoms with van der Waals surface area (Å²) in [7, 11) is 0. The molecule has 19 heavy (non-hydrogen) atoms. The van der Waals surface area contributed by atoms with Gasteiger partial charge >= 0.3 is 0 Å². The maximum Gasteiger partial charge on any atom is 0.102 e. The number of pyridine rings is 1. The number of hydrogen-bond acceptors (Lipinski definition) is 4. The molecule has 2 rings (SSSR count). The number of thioether (sulfide) groups is 1. The Balaban J connectivity index is 2.02. The van der Waals surface area contributed by atoms with E-state index in [-0.39, 0.29) is 0 Å². The zero-order valence-electron chi connectivity index (χ0n) is 10.8. The highest BCUT2D eigenvalue weighted by Gasteiger charge is 2.06. The molecule has 1 aromatic carbocycles. The molecule has 0 aliphatic rings. The van der Waals surface area contributed by atoms with Crippen molar-refractivity contribution in [3.8, 4) is 6.07 Å². The van der Waals surface area contributed by atoms with E-state index in [9.17, 15) is 5.26 Å². The Bertz CT molecular complexity index is 576. The second kappa shape index (κ2) is 6.81. The Morgan fingerprint density at radius 3 is 2.74 bits per heavy atom. The first kappa shape index (κ1) is 13.4. The molecule has 96 valence electrons. The molecule has 0 aliphatic heterocycles. The summed E-state index contributed by atoms with van der Waals surface area (Å²) in [6.45, 7) is 0.802. The van der Waals surface area contributed by atoms with Gasteiger partial charge in [0.2, 0.25) is 0 Å². The standard InChI is InChI=1S/C15H15N3S/c1-19-15-4-2-3-14(13(15)11-16)18-10-7-12-5-8-17-9-6-12/h2-6,8-9,18H,7,10H2,1H3. The van der Waals surface area contributed by atoms with E-state index in [0.29, 0.717) is 0 Å². The molecule has 0 unspecified atom stereocenters. The van der Waals surface area contributed by atoms with Gasteiger partial charge in [0, 0.05) is 23.8 Å². The molecular weight excluding hydrogens is 254 g/mol. The van der Waals surface area contributed by atoms with Crippen molar-refractivity contribution in [2.75, 3.05) is 18.1 Å². The fourth-order valence-corrected chi connectivity index (χ4v) is 2.43. The molecule has 2 aromatic rings. The van der Waals surface area contributed by atoms with Crippen molar-refractivity contribution in [3.05, 3.63) is 53.9 Å². The number of benzene rings is 1. The van der Waals surface area contributed by atoms with Crippen LogP contribution in [0.2, 0.25) is 0 Å². The monoisotopic (exact) mass is 269 g/mol. The molecule has 0 saturated heterocycles. The molecule has 4 heteroatoms. The molecule has 0 fully saturated rings. The van der Waals surface area contributed by atoms with Crippen LogP contribution in [0.1, 0.15) is 11.1 Å². The van der Waals surface area contributed by atoms with E-state index in [2.05, 4.69) is 16.4 Å². The van der Waals surface area contributed by atoms with Gasteiger partial charge in [0.15, 0.2) is 0 Å². The summed E-state index contributed by atoms with van der Waals surface area (Å²) in [6, 6.07) is 12.2. The Kier molecular flexibility index (Phi) is 4.82. The minimum Gasteiger partial charge on any atom is -0.384 e. The van der Waals surface area contributed by atoms with Crippen molar-refractivity contribution in [2.45, 2.75) is 11.3 Å². The topological polar surface area (TPSA) is 48.7 Å². The number of hydrogen-bond donors (Lipinski definition) is 1. The van der Waals surface area contributed by atoms with Gasteiger partial charge in [-0.05, 0) is 42.5 Å². The Labute approximate surface area is 117 Å². The van der Waals surface area contributed by atoms with Crippen molar-refractivity contribution in [1.82, 2.24) is 4.98 Å². The van der Waals surface area contributed by atoms with Crippen molar-refractivity contribution in [3.63, 3.8) is 0 Å². The molecule has 0 atom stereocenters. The zero-order valence-corrected chi connectivity index (χ0v) is 11.6. The minimum atomic E-state index is 0.727. The molecule has 3 nitrogen and oxygen atoms in total. The van der Waals surface area contributed by atoms with Crippen LogP contribution in [-0.2, 0) is 6.42 Å². The van der Waals surface area contributed by atoms with Gasteiger partial charge in [-0.15, -0.1) is 11.8 Å². The first-order valence-corrected chi connectivity index (χ1v) is 7.27. The number of anilines is 1. The van der Waals surface area contributed by atoms with Gasteiger partial charge in [0.1, 0.15) is 6.07 Å². The Hall–Kier alpha value is -1.99. The van der Waals surface area contributed by atoms with Gasteiger partial charge in [-0.25, -0.2) is 0 Å². The van der Waals surface area contributed by atoms with Crippen LogP contribution < -0.4 is 5.32 Å². The normalized spacial score (nSPS) is 9.89. The molecule has 0 bridgehead atoms. The van der Waals surface area contributed by atoms with Crippen LogP contribution in [0.25, 0.3) is 0 Å². The first-order chi connectivity index (χ1) is 9.35. The van der Waals surface area contributed by atoms with E-state index in [1.54, 1.807) is 24.2 Å². The minimum absolute atomic E-state index is 0.727. The third-order valence-corrected chi connectivity index (χ3v) is 3.62. The van der Waals surface area contributed by atoms with Gasteiger partial charge in [0.25, 0.3) is 0 Å². The predicted octanol–water partition coefficient (Wildman–Crippen LogP) is 3.33. The Morgan fingerprint density at radius 1 is 1.26 bits per heavy atom. The largest absolute Gasteiger partial charge is 0.384 e. The van der Waals surface area contributed by atoms with Crippen molar-refractivity contribution in [2.24, 2.45) is 0 Å². The van der Waals surface area contributed by atoms with Gasteiger partial charge in [-0.3, -0.25) is 4.98 Å². The number of nitrogens with zero attached hydrogens (tertiary/aromatic N) is 2. The molecule has 1 aromatic heterocycles. The molecule has 0 amide bonds. The van der Waals surface area contributed by atoms with Crippen LogP contribution in [0.15, 0.2) is 47.6 Å². The number of rotatable bonds is 5. The maximum absolute atomic E-state index is 9.24. The van der Waals surface area contributed by atoms with E-state index < -0.39 is 0 Å². The second-order valence-corrected chi connectivity index (χ2v) is 4.87. The SMILES string of the molecule is CSc1cccc(NCCc2ccncc2)c1C#N. The maximum atomic E-state index is 9.24. The van der Waals surface area contributed by atoms with Crippen molar-refractivity contribution in [1.29, 1.82) is 5.26 Å². The van der Waals surface area contributed by atoms with Crippen LogP contribution in [-0.4, -0.2) is 17.8 Å². The lowest BCUT2D eigenvalue weighted by Crippen LogP contribution is -2.06. The smallest absolute Gasteiger partial charge is 0.102 e. The third kappa shape index (κ3) is 3.49. The quantitative estimate of drug-likeness (QED) is 0.846. The average molecular weight is 269 g/mol. The number of nitrogens with one attached hydrogen (secondary N) is 1. The molecular formula is C15H15N3S. The highest BCUT2D eigenvalue weighted by Crippen LogP contribution is 2.26. The van der Waals surface area contributed by atoms with E-state index in [1.807, 2.05) is 36.6 Å². The van der Waals surface area contributed by atoms with E-state index in [1.165, 1.54) is 5.56 Å². The molecule has 0 spiro atoms. The summed E-state index contributed by atoms with van der Waals surface area (Å²) >= 11 is 1.59. The molecule has 1 heterocycles. The number of aromatic nitrogens is 1. The van der Waals surface area contributed by atoms with Gasteiger partial charge < -0.3 is 5.32 Å². The summed E-state index contributed by atoms with van der Waals surface area (Å²) in [5, 5.41) is 12.6. The third-order valence-electron chi connectivity index (χ3n) is 2.84. The lowest BCUT2D eigenvalue weighted by atomic mass is 10.1. The highest BCUT2D eigenvalue weighted by atomic mass is 32.2. The fourth-order valence-electron chi connectivity index (χ4n) is 1.85. The van der Waals surface area contributed by atoms with Gasteiger partial charge in [-0.2, -0.15) is 5.26 Å². The van der Waals surface area contributed by atoms with Crippen molar-refractivity contribution >= 4 is 17.4 Å². The van der Waals surface area contributed by atoms with E-state index >= 15 is 0 Å². The lowest BCUT2D eigenvalue weighted by Gasteiger charge is -2.10. The second-order valence-electron chi connectivity index (χ2n) is 4.03. The van der Waals surface area contributed by atoms with Gasteiger partial charge in [-0.1, -0.05) is 6.07 Å². The van der Waals surface area contributed by atoms with E-state index in [4.69, 9.17) is 0 Å². The summed E-state index contributed by atoms with van der Waals surface area (Å²) in [5.41, 5.74) is 2.87. The van der Waals surface area contributed by atoms with Crippen LogP contribution in [0, 0.1) is 11.3 Å². The fraction of sp³-hybridized carbons (Fsp3) is 0.200. The van der Waals surface area contributed by atoms with Crippen LogP contribution in [0.5, 0.6) is 0 Å². The molecule has 0 radical (unpaired) electrons. The lowest BCUT2D eigenvalue weighted by molar-refractivity contribution is 1.01. The van der Waals surface area contributed by atoms with Crippen LogP contribution in [0.4, 0.5) is 5.69 Å². The summed E-state index contributed by atoms with van der Waals surface area (Å²) in [6.07, 6.45) is 6.49. The van der Waals surface area contributed by atoms with Crippen LogP contribution >= 0.6 is 11.8 Å².